The van der Waals surface area contributed by atoms with Gasteiger partial charge < -0.3 is 14.6 Å². The monoisotopic (exact) mass is 603 g/mol. The van der Waals surface area contributed by atoms with Gasteiger partial charge in [0.25, 0.3) is 5.78 Å². The van der Waals surface area contributed by atoms with Crippen molar-refractivity contribution >= 4 is 45.7 Å². The van der Waals surface area contributed by atoms with Gasteiger partial charge in [-0.05, 0) is 73.0 Å². The first kappa shape index (κ1) is 27.9. The summed E-state index contributed by atoms with van der Waals surface area (Å²) in [5.74, 6) is -0.297. The Morgan fingerprint density at radius 3 is 2.62 bits per heavy atom. The molecule has 1 fully saturated rings. The quantitative estimate of drug-likeness (QED) is 0.0821. The van der Waals surface area contributed by atoms with E-state index in [0.29, 0.717) is 40.0 Å². The number of hydrogen-bond acceptors (Lipinski definition) is 9. The highest BCUT2D eigenvalue weighted by atomic mass is 32.2. The Kier molecular flexibility index (Phi) is 7.70. The minimum absolute atomic E-state index is 0.0133. The molecule has 2 unspecified atom stereocenters. The lowest BCUT2D eigenvalue weighted by molar-refractivity contribution is -0.132. The summed E-state index contributed by atoms with van der Waals surface area (Å²) in [7, 11) is 0. The van der Waals surface area contributed by atoms with Gasteiger partial charge in [-0.3, -0.25) is 14.5 Å². The van der Waals surface area contributed by atoms with Crippen LogP contribution in [0.3, 0.4) is 0 Å². The molecule has 1 amide bonds. The molecular formula is C31H26FN3O5S2. The highest BCUT2D eigenvalue weighted by molar-refractivity contribution is 8.00. The van der Waals surface area contributed by atoms with Gasteiger partial charge in [0.15, 0.2) is 4.34 Å². The Bertz CT molecular complexity index is 1690. The van der Waals surface area contributed by atoms with Gasteiger partial charge in [0.2, 0.25) is 5.13 Å². The number of halogens is 1. The number of aliphatic hydroxyl groups excluding tert-OH is 1. The number of anilines is 1. The van der Waals surface area contributed by atoms with E-state index in [1.165, 1.54) is 40.1 Å². The molecule has 0 spiro atoms. The minimum Gasteiger partial charge on any atom is -0.507 e. The van der Waals surface area contributed by atoms with E-state index in [0.717, 1.165) is 16.9 Å². The molecule has 8 nitrogen and oxygen atoms in total. The van der Waals surface area contributed by atoms with Crippen molar-refractivity contribution in [1.82, 2.24) is 10.2 Å². The van der Waals surface area contributed by atoms with Crippen molar-refractivity contribution in [2.75, 3.05) is 11.5 Å². The van der Waals surface area contributed by atoms with Crippen LogP contribution in [-0.4, -0.2) is 39.7 Å². The van der Waals surface area contributed by atoms with Crippen molar-refractivity contribution in [2.24, 2.45) is 0 Å². The number of rotatable bonds is 8. The lowest BCUT2D eigenvalue weighted by atomic mass is 9.94. The maximum absolute atomic E-state index is 13.5. The first-order chi connectivity index (χ1) is 20.3. The van der Waals surface area contributed by atoms with Crippen LogP contribution < -0.4 is 14.4 Å². The molecule has 6 rings (SSSR count). The molecule has 3 aromatic carbocycles. The predicted octanol–water partition coefficient (Wildman–Crippen LogP) is 6.32. The number of nitrogens with zero attached hydrogens (tertiary/aromatic N) is 3. The van der Waals surface area contributed by atoms with Gasteiger partial charge in [-0.2, -0.15) is 0 Å². The lowest BCUT2D eigenvalue weighted by Gasteiger charge is -2.22. The van der Waals surface area contributed by atoms with Crippen molar-refractivity contribution in [3.8, 4) is 11.5 Å². The Morgan fingerprint density at radius 1 is 1.12 bits per heavy atom. The van der Waals surface area contributed by atoms with Gasteiger partial charge in [-0.1, -0.05) is 47.4 Å². The second-order valence-electron chi connectivity index (χ2n) is 9.89. The third-order valence-corrected chi connectivity index (χ3v) is 9.13. The summed E-state index contributed by atoms with van der Waals surface area (Å²) in [6.45, 7) is 4.33. The van der Waals surface area contributed by atoms with Gasteiger partial charge >= 0.3 is 5.91 Å². The van der Waals surface area contributed by atoms with Crippen LogP contribution in [0.4, 0.5) is 9.52 Å². The van der Waals surface area contributed by atoms with Crippen molar-refractivity contribution in [2.45, 2.75) is 42.5 Å². The molecule has 0 saturated carbocycles. The predicted molar refractivity (Wildman–Crippen MR) is 158 cm³/mol. The number of ether oxygens (including phenoxy) is 2. The van der Waals surface area contributed by atoms with Crippen LogP contribution >= 0.6 is 23.1 Å². The molecule has 1 N–H and O–H groups in total. The summed E-state index contributed by atoms with van der Waals surface area (Å²) < 4.78 is 25.2. The fraction of sp³-hybridized carbons (Fsp3) is 0.226. The first-order valence-electron chi connectivity index (χ1n) is 13.4. The van der Waals surface area contributed by atoms with Crippen LogP contribution in [0.2, 0.25) is 0 Å². The third-order valence-electron chi connectivity index (χ3n) is 7.00. The zero-order valence-corrected chi connectivity index (χ0v) is 24.4. The third kappa shape index (κ3) is 5.37. The van der Waals surface area contributed by atoms with Crippen LogP contribution in [-0.2, 0) is 21.8 Å². The number of fused-ring (bicyclic) bond motifs is 1. The van der Waals surface area contributed by atoms with E-state index >= 15 is 0 Å². The molecule has 3 heterocycles. The van der Waals surface area contributed by atoms with Crippen molar-refractivity contribution in [1.29, 1.82) is 0 Å². The van der Waals surface area contributed by atoms with Gasteiger partial charge in [0.1, 0.15) is 29.2 Å². The van der Waals surface area contributed by atoms with E-state index in [1.807, 2.05) is 13.8 Å². The van der Waals surface area contributed by atoms with E-state index < -0.39 is 17.7 Å². The summed E-state index contributed by atoms with van der Waals surface area (Å²) in [4.78, 5) is 28.4. The van der Waals surface area contributed by atoms with E-state index in [-0.39, 0.29) is 28.4 Å². The van der Waals surface area contributed by atoms with Crippen molar-refractivity contribution in [3.63, 3.8) is 0 Å². The topological polar surface area (TPSA) is 102 Å². The fourth-order valence-corrected chi connectivity index (χ4v) is 6.89. The second kappa shape index (κ2) is 11.6. The molecule has 0 aliphatic carbocycles. The Hall–Kier alpha value is -4.22. The molecular weight excluding hydrogens is 577 g/mol. The summed E-state index contributed by atoms with van der Waals surface area (Å²) >= 11 is 2.56. The number of Topliss-reactive ketones (excluding diaryl/α,β-unsaturated/α-hetero) is 1. The number of benzene rings is 3. The first-order valence-corrected chi connectivity index (χ1v) is 15.2. The van der Waals surface area contributed by atoms with Crippen LogP contribution in [0.15, 0.2) is 76.6 Å². The van der Waals surface area contributed by atoms with Crippen molar-refractivity contribution < 1.29 is 28.6 Å². The van der Waals surface area contributed by atoms with Crippen LogP contribution in [0.1, 0.15) is 42.1 Å². The molecule has 2 aliphatic heterocycles. The average Bonchev–Trinajstić information content (AvgIpc) is 3.68. The molecule has 1 aromatic heterocycles. The maximum atomic E-state index is 13.5. The molecule has 11 heteroatoms. The number of ketones is 1. The van der Waals surface area contributed by atoms with E-state index in [2.05, 4.69) is 10.2 Å². The molecule has 214 valence electrons. The van der Waals surface area contributed by atoms with Gasteiger partial charge in [0.05, 0.1) is 18.2 Å². The normalized spacial score (nSPS) is 19.2. The number of hydrogen-bond donors (Lipinski definition) is 1. The number of amides is 1. The van der Waals surface area contributed by atoms with Gasteiger partial charge in [0, 0.05) is 17.7 Å². The lowest BCUT2D eigenvalue weighted by Crippen LogP contribution is -2.29. The number of aliphatic hydroxyl groups is 1. The molecule has 0 bridgehead atoms. The Labute approximate surface area is 249 Å². The molecule has 4 aromatic rings. The SMILES string of the molecule is CCOc1ccc(C2/C(=C(\O)c3ccc4c(c3)CC(C)O4)C(=O)C(=O)N2c2nnc(SCc3ccc(F)cc3)s2)cc1. The highest BCUT2D eigenvalue weighted by Crippen LogP contribution is 2.45. The molecule has 2 aliphatic rings. The number of thioether (sulfide) groups is 1. The molecule has 1 saturated heterocycles. The van der Waals surface area contributed by atoms with Gasteiger partial charge in [-0.15, -0.1) is 10.2 Å². The van der Waals surface area contributed by atoms with E-state index in [1.54, 1.807) is 54.6 Å². The van der Waals surface area contributed by atoms with E-state index in [9.17, 15) is 19.1 Å². The Morgan fingerprint density at radius 2 is 1.88 bits per heavy atom. The maximum Gasteiger partial charge on any atom is 0.301 e. The molecule has 2 atom stereocenters. The van der Waals surface area contributed by atoms with Crippen LogP contribution in [0, 0.1) is 5.82 Å². The smallest absolute Gasteiger partial charge is 0.301 e. The highest BCUT2D eigenvalue weighted by Gasteiger charge is 2.48. The molecule has 0 radical (unpaired) electrons. The minimum atomic E-state index is -0.938. The molecule has 42 heavy (non-hydrogen) atoms. The summed E-state index contributed by atoms with van der Waals surface area (Å²) in [5.41, 5.74) is 2.82. The van der Waals surface area contributed by atoms with Crippen LogP contribution in [0.5, 0.6) is 11.5 Å². The summed E-state index contributed by atoms with van der Waals surface area (Å²) in [5, 5.41) is 20.2. The number of carbonyl (C=O) groups is 2. The largest absolute Gasteiger partial charge is 0.507 e. The Balaban J connectivity index is 1.38. The zero-order chi connectivity index (χ0) is 29.4. The number of aromatic nitrogens is 2. The zero-order valence-electron chi connectivity index (χ0n) is 22.7. The van der Waals surface area contributed by atoms with Crippen molar-refractivity contribution in [3.05, 3.63) is 100 Å². The standard InChI is InChI=1S/C31H26FN3O5S2/c1-3-39-23-11-6-19(7-12-23)26-25(27(36)20-8-13-24-21(15-20)14-17(2)40-24)28(37)29(38)35(26)30-33-34-31(42-30)41-16-18-4-9-22(32)10-5-18/h4-13,15,17,26,36H,3,14,16H2,1-2H3/b27-25+. The summed E-state index contributed by atoms with van der Waals surface area (Å²) in [6, 6.07) is 17.6. The summed E-state index contributed by atoms with van der Waals surface area (Å²) in [6.07, 6.45) is 0.690. The van der Waals surface area contributed by atoms with Gasteiger partial charge in [-0.25, -0.2) is 4.39 Å². The van der Waals surface area contributed by atoms with E-state index in [4.69, 9.17) is 9.47 Å². The second-order valence-corrected chi connectivity index (χ2v) is 12.1. The fourth-order valence-electron chi connectivity index (χ4n) is 5.07. The number of carbonyl (C=O) groups excluding carboxylic acids is 2. The average molecular weight is 604 g/mol. The van der Waals surface area contributed by atoms with Crippen LogP contribution in [0.25, 0.3) is 5.76 Å².